The van der Waals surface area contributed by atoms with Crippen molar-refractivity contribution in [2.75, 3.05) is 10.6 Å². The monoisotopic (exact) mass is 556 g/mol. The lowest BCUT2D eigenvalue weighted by molar-refractivity contribution is -0.310. The van der Waals surface area contributed by atoms with Crippen LogP contribution in [0.15, 0.2) is 146 Å². The van der Waals surface area contributed by atoms with E-state index in [9.17, 15) is 0 Å². The third-order valence-corrected chi connectivity index (χ3v) is 7.81. The van der Waals surface area contributed by atoms with Crippen molar-refractivity contribution in [3.8, 4) is 11.5 Å². The molecule has 0 bridgehead atoms. The summed E-state index contributed by atoms with van der Waals surface area (Å²) in [6.45, 7) is 0. The van der Waals surface area contributed by atoms with Crippen molar-refractivity contribution in [1.82, 2.24) is 0 Å². The Morgan fingerprint density at radius 3 is 0.977 bits per heavy atom. The van der Waals surface area contributed by atoms with Crippen LogP contribution in [0.25, 0.3) is 43.6 Å². The molecule has 8 aromatic rings. The molecule has 0 atom stereocenters. The number of hydrogen-bond donors (Lipinski definition) is 2. The molecule has 0 spiro atoms. The summed E-state index contributed by atoms with van der Waals surface area (Å²) < 4.78 is 6.20. The molecule has 2 aromatic heterocycles. The van der Waals surface area contributed by atoms with Gasteiger partial charge in [-0.2, -0.15) is 0 Å². The number of H-pyrrole nitrogens is 2. The second kappa shape index (κ2) is 10.5. The van der Waals surface area contributed by atoms with E-state index in [0.29, 0.717) is 0 Å². The van der Waals surface area contributed by atoms with Gasteiger partial charge in [-0.1, -0.05) is 48.5 Å². The van der Waals surface area contributed by atoms with E-state index in [0.717, 1.165) is 77.9 Å². The Labute approximate surface area is 248 Å². The number of pyridine rings is 2. The Balaban J connectivity index is 1.02. The van der Waals surface area contributed by atoms with E-state index in [1.165, 1.54) is 0 Å². The summed E-state index contributed by atoms with van der Waals surface area (Å²) in [5.41, 5.74) is 8.52. The largest absolute Gasteiger partial charge is 0.457 e. The van der Waals surface area contributed by atoms with Crippen molar-refractivity contribution >= 4 is 66.4 Å². The zero-order chi connectivity index (χ0) is 28.6. The van der Waals surface area contributed by atoms with Gasteiger partial charge in [0.25, 0.3) is 0 Å². The third-order valence-electron chi connectivity index (χ3n) is 7.81. The standard InChI is InChI=1S/C38H26N4O/c1-5-13-33-29(9-1)37(30-10-2-6-14-34(30)41-33)39-25-17-21-27(22-18-25)43-28-23-19-26(20-24-28)40-38-31-11-3-7-15-35(31)42-36-16-8-4-12-32(36)38/h1-24H,(H,39,41)(H,40,42)/p+2. The van der Waals surface area contributed by atoms with Gasteiger partial charge >= 0.3 is 0 Å². The van der Waals surface area contributed by atoms with Crippen LogP contribution in [0.5, 0.6) is 11.5 Å². The second-order valence-corrected chi connectivity index (χ2v) is 10.6. The maximum atomic E-state index is 6.20. The van der Waals surface area contributed by atoms with Gasteiger partial charge in [0.05, 0.1) is 32.9 Å². The van der Waals surface area contributed by atoms with Gasteiger partial charge in [0.2, 0.25) is 22.1 Å². The average Bonchev–Trinajstić information content (AvgIpc) is 3.06. The molecule has 5 heteroatoms. The van der Waals surface area contributed by atoms with Gasteiger partial charge in [-0.05, 0) is 72.8 Å². The normalized spacial score (nSPS) is 11.3. The van der Waals surface area contributed by atoms with Crippen LogP contribution in [0.3, 0.4) is 0 Å². The van der Waals surface area contributed by atoms with Crippen LogP contribution in [0.1, 0.15) is 0 Å². The molecular formula is C38H28N4O+2. The van der Waals surface area contributed by atoms with Gasteiger partial charge in [-0.15, -0.1) is 0 Å². The van der Waals surface area contributed by atoms with E-state index < -0.39 is 0 Å². The molecule has 204 valence electrons. The van der Waals surface area contributed by atoms with Crippen molar-refractivity contribution in [3.63, 3.8) is 0 Å². The Bertz CT molecular complexity index is 1990. The number of anilines is 4. The number of fused-ring (bicyclic) bond motifs is 4. The van der Waals surface area contributed by atoms with Crippen molar-refractivity contribution in [2.45, 2.75) is 0 Å². The lowest BCUT2D eigenvalue weighted by Gasteiger charge is -2.13. The summed E-state index contributed by atoms with van der Waals surface area (Å²) in [5, 5.41) is 11.9. The minimum Gasteiger partial charge on any atom is -0.457 e. The molecule has 43 heavy (non-hydrogen) atoms. The van der Waals surface area contributed by atoms with E-state index in [2.05, 4.69) is 118 Å². The summed E-state index contributed by atoms with van der Waals surface area (Å²) >= 11 is 0. The summed E-state index contributed by atoms with van der Waals surface area (Å²) in [7, 11) is 0. The fourth-order valence-corrected chi connectivity index (χ4v) is 5.73. The number of ether oxygens (including phenoxy) is 1. The average molecular weight is 557 g/mol. The highest BCUT2D eigenvalue weighted by Gasteiger charge is 2.15. The molecule has 0 unspecified atom stereocenters. The fraction of sp³-hybridized carbons (Fsp3) is 0. The SMILES string of the molecule is c1ccc2c(Nc3ccc(Oc4ccc(Nc5c6ccccc6[nH+]c6ccccc56)cc4)cc3)c3ccccc3[nH+]c2c1. The highest BCUT2D eigenvalue weighted by molar-refractivity contribution is 6.07. The number of nitrogens with one attached hydrogen (secondary N) is 4. The van der Waals surface area contributed by atoms with Crippen molar-refractivity contribution in [1.29, 1.82) is 0 Å². The van der Waals surface area contributed by atoms with Crippen LogP contribution in [-0.2, 0) is 0 Å². The van der Waals surface area contributed by atoms with Crippen LogP contribution >= 0.6 is 0 Å². The Morgan fingerprint density at radius 2 is 0.651 bits per heavy atom. The van der Waals surface area contributed by atoms with Crippen molar-refractivity contribution < 1.29 is 14.7 Å². The number of aromatic nitrogens is 2. The number of benzene rings is 6. The topological polar surface area (TPSA) is 61.6 Å². The van der Waals surface area contributed by atoms with Crippen molar-refractivity contribution in [3.05, 3.63) is 146 Å². The number of hydrogen-bond acceptors (Lipinski definition) is 3. The molecule has 0 aliphatic rings. The zero-order valence-corrected chi connectivity index (χ0v) is 23.3. The first kappa shape index (κ1) is 24.8. The third kappa shape index (κ3) is 4.73. The van der Waals surface area contributed by atoms with Gasteiger partial charge in [0, 0.05) is 35.6 Å². The number of para-hydroxylation sites is 4. The molecule has 5 nitrogen and oxygen atoms in total. The number of rotatable bonds is 6. The molecule has 0 radical (unpaired) electrons. The predicted octanol–water partition coefficient (Wildman–Crippen LogP) is 9.21. The number of aromatic amines is 2. The summed E-state index contributed by atoms with van der Waals surface area (Å²) in [6.07, 6.45) is 0. The summed E-state index contributed by atoms with van der Waals surface area (Å²) in [5.74, 6) is 1.55. The molecule has 0 aliphatic heterocycles. The smallest absolute Gasteiger partial charge is 0.213 e. The molecule has 0 amide bonds. The molecule has 0 saturated carbocycles. The fourth-order valence-electron chi connectivity index (χ4n) is 5.73. The van der Waals surface area contributed by atoms with Crippen LogP contribution in [0.2, 0.25) is 0 Å². The van der Waals surface area contributed by atoms with Crippen molar-refractivity contribution in [2.24, 2.45) is 0 Å². The highest BCUT2D eigenvalue weighted by Crippen LogP contribution is 2.34. The van der Waals surface area contributed by atoms with Gasteiger partial charge in [-0.3, -0.25) is 0 Å². The predicted molar refractivity (Wildman–Crippen MR) is 176 cm³/mol. The lowest BCUT2D eigenvalue weighted by atomic mass is 10.1. The molecule has 0 fully saturated rings. The maximum Gasteiger partial charge on any atom is 0.213 e. The van der Waals surface area contributed by atoms with Gasteiger partial charge in [0.15, 0.2) is 0 Å². The van der Waals surface area contributed by atoms with E-state index in [-0.39, 0.29) is 0 Å². The highest BCUT2D eigenvalue weighted by atomic mass is 16.5. The lowest BCUT2D eigenvalue weighted by Crippen LogP contribution is -2.07. The first-order chi connectivity index (χ1) is 21.3. The van der Waals surface area contributed by atoms with Crippen LogP contribution in [-0.4, -0.2) is 0 Å². The zero-order valence-electron chi connectivity index (χ0n) is 23.3. The molecule has 0 aliphatic carbocycles. The molecule has 0 saturated heterocycles. The van der Waals surface area contributed by atoms with Gasteiger partial charge < -0.3 is 15.4 Å². The molecule has 2 heterocycles. The first-order valence-corrected chi connectivity index (χ1v) is 14.4. The summed E-state index contributed by atoms with van der Waals surface area (Å²) in [4.78, 5) is 7.08. The van der Waals surface area contributed by atoms with Crippen LogP contribution in [0.4, 0.5) is 22.7 Å². The molecular weight excluding hydrogens is 528 g/mol. The van der Waals surface area contributed by atoms with E-state index in [1.54, 1.807) is 0 Å². The minimum absolute atomic E-state index is 0.776. The van der Waals surface area contributed by atoms with E-state index in [4.69, 9.17) is 4.74 Å². The Hall–Kier alpha value is -5.94. The van der Waals surface area contributed by atoms with Gasteiger partial charge in [-0.25, -0.2) is 9.97 Å². The van der Waals surface area contributed by atoms with E-state index in [1.807, 2.05) is 48.5 Å². The minimum atomic E-state index is 0.776. The Morgan fingerprint density at radius 1 is 0.349 bits per heavy atom. The quantitative estimate of drug-likeness (QED) is 0.201. The van der Waals surface area contributed by atoms with Crippen LogP contribution in [0, 0.1) is 0 Å². The second-order valence-electron chi connectivity index (χ2n) is 10.6. The molecule has 4 N–H and O–H groups in total. The maximum absolute atomic E-state index is 6.20. The molecule has 6 aromatic carbocycles. The Kier molecular flexibility index (Phi) is 6.05. The van der Waals surface area contributed by atoms with Crippen LogP contribution < -0.4 is 25.3 Å². The van der Waals surface area contributed by atoms with Gasteiger partial charge in [0.1, 0.15) is 11.5 Å². The summed E-state index contributed by atoms with van der Waals surface area (Å²) in [6, 6.07) is 49.6. The first-order valence-electron chi connectivity index (χ1n) is 14.4. The molecule has 8 rings (SSSR count). The van der Waals surface area contributed by atoms with E-state index >= 15 is 0 Å².